The highest BCUT2D eigenvalue weighted by atomic mass is 35.5. The molecule has 1 fully saturated rings. The number of aryl methyl sites for hydroxylation is 1. The van der Waals surface area contributed by atoms with Gasteiger partial charge in [0.2, 0.25) is 5.95 Å². The summed E-state index contributed by atoms with van der Waals surface area (Å²) in [6.07, 6.45) is 6.16. The van der Waals surface area contributed by atoms with Crippen LogP contribution in [0.2, 0.25) is 5.15 Å². The maximum absolute atomic E-state index is 13.3. The summed E-state index contributed by atoms with van der Waals surface area (Å²) >= 11 is 6.36. The van der Waals surface area contributed by atoms with Crippen molar-refractivity contribution in [3.63, 3.8) is 0 Å². The summed E-state index contributed by atoms with van der Waals surface area (Å²) in [5, 5.41) is 0.360. The number of halogens is 1. The van der Waals surface area contributed by atoms with E-state index in [2.05, 4.69) is 15.0 Å². The lowest BCUT2D eigenvalue weighted by Crippen LogP contribution is -2.23. The maximum atomic E-state index is 13.3. The second kappa shape index (κ2) is 8.80. The fourth-order valence-electron chi connectivity index (χ4n) is 4.23. The van der Waals surface area contributed by atoms with E-state index in [1.807, 2.05) is 24.6 Å². The van der Waals surface area contributed by atoms with Crippen LogP contribution in [0.4, 0.5) is 5.95 Å². The van der Waals surface area contributed by atoms with Crippen LogP contribution in [0.1, 0.15) is 35.2 Å². The van der Waals surface area contributed by atoms with Gasteiger partial charge in [-0.1, -0.05) is 11.6 Å². The number of rotatable bonds is 5. The normalized spacial score (nSPS) is 14.8. The number of nitrogens with two attached hydrogens (primary N) is 1. The first kappa shape index (κ1) is 21.5. The van der Waals surface area contributed by atoms with Crippen LogP contribution in [-0.4, -0.2) is 39.8 Å². The molecule has 0 atom stereocenters. The zero-order chi connectivity index (χ0) is 22.1. The number of ether oxygens (including phenoxy) is 2. The summed E-state index contributed by atoms with van der Waals surface area (Å²) in [6.45, 7) is 5.76. The number of pyridine rings is 2. The molecule has 4 rings (SSSR count). The Balaban J connectivity index is 1.85. The van der Waals surface area contributed by atoms with Crippen LogP contribution in [0, 0.1) is 19.8 Å². The van der Waals surface area contributed by atoms with Gasteiger partial charge in [0.1, 0.15) is 16.3 Å². The van der Waals surface area contributed by atoms with Crippen LogP contribution in [0.5, 0.6) is 5.75 Å². The Kier molecular flexibility index (Phi) is 6.11. The van der Waals surface area contributed by atoms with Gasteiger partial charge < -0.3 is 19.8 Å². The lowest BCUT2D eigenvalue weighted by atomic mass is 9.92. The average molecular weight is 444 g/mol. The molecule has 1 saturated heterocycles. The molecule has 9 heteroatoms. The molecule has 0 unspecified atom stereocenters. The number of methoxy groups -OCH3 is 1. The van der Waals surface area contributed by atoms with Crippen LogP contribution in [0.3, 0.4) is 0 Å². The summed E-state index contributed by atoms with van der Waals surface area (Å²) in [5.74, 6) is 1.21. The molecule has 0 radical (unpaired) electrons. The molecule has 0 aliphatic carbocycles. The van der Waals surface area contributed by atoms with E-state index >= 15 is 0 Å². The molecule has 1 aliphatic heterocycles. The molecule has 0 saturated carbocycles. The third-order valence-electron chi connectivity index (χ3n) is 5.88. The van der Waals surface area contributed by atoms with Gasteiger partial charge in [-0.05, 0) is 39.0 Å². The molecule has 4 heterocycles. The maximum Gasteiger partial charge on any atom is 0.223 e. The van der Waals surface area contributed by atoms with Gasteiger partial charge in [0.25, 0.3) is 0 Å². The number of fused-ring (bicyclic) bond motifs is 1. The predicted octanol–water partition coefficient (Wildman–Crippen LogP) is 3.06. The van der Waals surface area contributed by atoms with Crippen LogP contribution in [-0.2, 0) is 17.7 Å². The van der Waals surface area contributed by atoms with Crippen molar-refractivity contribution in [3.05, 3.63) is 50.2 Å². The molecule has 164 valence electrons. The lowest BCUT2D eigenvalue weighted by Gasteiger charge is -2.22. The fraction of sp³-hybridized carbons (Fsp3) is 0.455. The Morgan fingerprint density at radius 1 is 1.29 bits per heavy atom. The van der Waals surface area contributed by atoms with Crippen molar-refractivity contribution in [2.45, 2.75) is 39.7 Å². The highest BCUT2D eigenvalue weighted by molar-refractivity contribution is 6.34. The topological polar surface area (TPSA) is 105 Å². The van der Waals surface area contributed by atoms with Gasteiger partial charge >= 0.3 is 0 Å². The van der Waals surface area contributed by atoms with Crippen LogP contribution < -0.4 is 15.9 Å². The van der Waals surface area contributed by atoms with Gasteiger partial charge in [0, 0.05) is 42.3 Å². The molecule has 3 aromatic heterocycles. The molecule has 0 amide bonds. The molecular weight excluding hydrogens is 418 g/mol. The van der Waals surface area contributed by atoms with Crippen molar-refractivity contribution in [2.75, 3.05) is 26.1 Å². The first-order chi connectivity index (χ1) is 14.9. The Morgan fingerprint density at radius 2 is 2.03 bits per heavy atom. The highest BCUT2D eigenvalue weighted by Crippen LogP contribution is 2.27. The standard InChI is InChI=1S/C22H26ClN5O3/c1-12-9-25-16(13(2)19(12)30-3)11-28-10-15(8-14-4-6-31-7-5-14)18(29)17-20(23)26-22(24)27-21(17)28/h9-10,14H,4-8,11H2,1-3H3,(H2,24,26,27). The predicted molar refractivity (Wildman–Crippen MR) is 120 cm³/mol. The number of hydrogen-bond donors (Lipinski definition) is 1. The second-order valence-electron chi connectivity index (χ2n) is 7.99. The molecular formula is C22H26ClN5O3. The number of nitrogen functional groups attached to an aromatic ring is 1. The largest absolute Gasteiger partial charge is 0.496 e. The van der Waals surface area contributed by atoms with E-state index in [0.29, 0.717) is 30.1 Å². The zero-order valence-electron chi connectivity index (χ0n) is 17.9. The second-order valence-corrected chi connectivity index (χ2v) is 8.35. The summed E-state index contributed by atoms with van der Waals surface area (Å²) in [7, 11) is 1.65. The molecule has 2 N–H and O–H groups in total. The van der Waals surface area contributed by atoms with Gasteiger partial charge in [-0.2, -0.15) is 4.98 Å². The fourth-order valence-corrected chi connectivity index (χ4v) is 4.49. The minimum atomic E-state index is -0.145. The van der Waals surface area contributed by atoms with Crippen LogP contribution in [0.25, 0.3) is 11.0 Å². The summed E-state index contributed by atoms with van der Waals surface area (Å²) in [4.78, 5) is 26.2. The van der Waals surface area contributed by atoms with E-state index in [9.17, 15) is 4.79 Å². The third kappa shape index (κ3) is 4.22. The molecule has 1 aliphatic rings. The Morgan fingerprint density at radius 3 is 2.74 bits per heavy atom. The Hall–Kier alpha value is -2.71. The van der Waals surface area contributed by atoms with E-state index in [0.717, 1.165) is 48.6 Å². The summed E-state index contributed by atoms with van der Waals surface area (Å²) in [6, 6.07) is 0. The van der Waals surface area contributed by atoms with Gasteiger partial charge in [-0.3, -0.25) is 9.78 Å². The molecule has 0 bridgehead atoms. The Labute approximate surface area is 185 Å². The Bertz CT molecular complexity index is 1190. The quantitative estimate of drug-likeness (QED) is 0.604. The monoisotopic (exact) mass is 443 g/mol. The molecule has 3 aromatic rings. The van der Waals surface area contributed by atoms with Gasteiger partial charge in [0.15, 0.2) is 11.1 Å². The number of hydrogen-bond acceptors (Lipinski definition) is 7. The summed E-state index contributed by atoms with van der Waals surface area (Å²) in [5.41, 5.74) is 9.51. The van der Waals surface area contributed by atoms with E-state index in [4.69, 9.17) is 26.8 Å². The van der Waals surface area contributed by atoms with Gasteiger partial charge in [0.05, 0.1) is 19.3 Å². The number of aromatic nitrogens is 4. The minimum absolute atomic E-state index is 0.0222. The average Bonchev–Trinajstić information content (AvgIpc) is 2.74. The van der Waals surface area contributed by atoms with Crippen molar-refractivity contribution in [1.82, 2.24) is 19.5 Å². The van der Waals surface area contributed by atoms with E-state index in [-0.39, 0.29) is 21.9 Å². The van der Waals surface area contributed by atoms with Crippen molar-refractivity contribution < 1.29 is 9.47 Å². The third-order valence-corrected chi connectivity index (χ3v) is 6.16. The molecule has 31 heavy (non-hydrogen) atoms. The molecule has 0 aromatic carbocycles. The van der Waals surface area contributed by atoms with Crippen molar-refractivity contribution in [1.29, 1.82) is 0 Å². The van der Waals surface area contributed by atoms with Crippen molar-refractivity contribution in [2.24, 2.45) is 5.92 Å². The first-order valence-electron chi connectivity index (χ1n) is 10.3. The SMILES string of the molecule is COc1c(C)cnc(Cn2cc(CC3CCOCC3)c(=O)c3c(Cl)nc(N)nc32)c1C. The number of nitrogens with zero attached hydrogens (tertiary/aromatic N) is 4. The zero-order valence-corrected chi connectivity index (χ0v) is 18.7. The minimum Gasteiger partial charge on any atom is -0.496 e. The molecule has 8 nitrogen and oxygen atoms in total. The highest BCUT2D eigenvalue weighted by Gasteiger charge is 2.21. The van der Waals surface area contributed by atoms with Gasteiger partial charge in [-0.15, -0.1) is 0 Å². The number of anilines is 1. The van der Waals surface area contributed by atoms with E-state index in [1.54, 1.807) is 13.3 Å². The molecule has 0 spiro atoms. The van der Waals surface area contributed by atoms with Crippen molar-refractivity contribution in [3.8, 4) is 5.75 Å². The smallest absolute Gasteiger partial charge is 0.223 e. The van der Waals surface area contributed by atoms with E-state index < -0.39 is 0 Å². The van der Waals surface area contributed by atoms with Crippen LogP contribution in [0.15, 0.2) is 17.2 Å². The van der Waals surface area contributed by atoms with Crippen molar-refractivity contribution >= 4 is 28.6 Å². The lowest BCUT2D eigenvalue weighted by molar-refractivity contribution is 0.0664. The van der Waals surface area contributed by atoms with Crippen LogP contribution >= 0.6 is 11.6 Å². The first-order valence-corrected chi connectivity index (χ1v) is 10.7. The summed E-state index contributed by atoms with van der Waals surface area (Å²) < 4.78 is 12.9. The van der Waals surface area contributed by atoms with E-state index in [1.165, 1.54) is 0 Å². The van der Waals surface area contributed by atoms with Gasteiger partial charge in [-0.25, -0.2) is 4.98 Å².